The maximum Gasteiger partial charge on any atom is 0.0752 e. The van der Waals surface area contributed by atoms with Gasteiger partial charge in [-0.15, -0.1) is 0 Å². The summed E-state index contributed by atoms with van der Waals surface area (Å²) in [6.07, 6.45) is 1.97. The maximum atomic E-state index is 9.67. The third-order valence-corrected chi connectivity index (χ3v) is 3.40. The Morgan fingerprint density at radius 2 is 1.92 bits per heavy atom. The summed E-state index contributed by atoms with van der Waals surface area (Å²) in [6, 6.07) is 0. The van der Waals surface area contributed by atoms with E-state index in [2.05, 4.69) is 27.7 Å². The van der Waals surface area contributed by atoms with Gasteiger partial charge in [-0.05, 0) is 44.1 Å². The molecule has 3 atom stereocenters. The summed E-state index contributed by atoms with van der Waals surface area (Å²) in [6.45, 7) is 8.71. The second-order valence-corrected chi connectivity index (χ2v) is 4.11. The molecular formula is C11H20O. The summed E-state index contributed by atoms with van der Waals surface area (Å²) in [5.74, 6) is 1.35. The van der Waals surface area contributed by atoms with Crippen molar-refractivity contribution in [3.8, 4) is 0 Å². The highest BCUT2D eigenvalue weighted by Crippen LogP contribution is 2.36. The van der Waals surface area contributed by atoms with Crippen molar-refractivity contribution in [2.24, 2.45) is 11.8 Å². The molecule has 0 aromatic heterocycles. The zero-order valence-electron chi connectivity index (χ0n) is 8.59. The van der Waals surface area contributed by atoms with Crippen molar-refractivity contribution < 1.29 is 5.11 Å². The van der Waals surface area contributed by atoms with Gasteiger partial charge in [0.2, 0.25) is 0 Å². The SMILES string of the molecule is CCC1C(C)=C(C)C(O)CC1C. The van der Waals surface area contributed by atoms with Crippen LogP contribution in [0.4, 0.5) is 0 Å². The molecular weight excluding hydrogens is 148 g/mol. The van der Waals surface area contributed by atoms with Gasteiger partial charge in [-0.25, -0.2) is 0 Å². The second kappa shape index (κ2) is 3.61. The largest absolute Gasteiger partial charge is 0.389 e. The lowest BCUT2D eigenvalue weighted by Gasteiger charge is -2.33. The third-order valence-electron chi connectivity index (χ3n) is 3.40. The Morgan fingerprint density at radius 1 is 1.33 bits per heavy atom. The summed E-state index contributed by atoms with van der Waals surface area (Å²) < 4.78 is 0. The van der Waals surface area contributed by atoms with Crippen LogP contribution >= 0.6 is 0 Å². The van der Waals surface area contributed by atoms with Crippen LogP contribution in [0.3, 0.4) is 0 Å². The van der Waals surface area contributed by atoms with Gasteiger partial charge in [0.25, 0.3) is 0 Å². The van der Waals surface area contributed by atoms with Crippen molar-refractivity contribution >= 4 is 0 Å². The molecule has 1 aliphatic rings. The lowest BCUT2D eigenvalue weighted by atomic mass is 9.74. The van der Waals surface area contributed by atoms with Gasteiger partial charge in [0.05, 0.1) is 6.10 Å². The van der Waals surface area contributed by atoms with Gasteiger partial charge >= 0.3 is 0 Å². The molecule has 0 saturated heterocycles. The molecule has 70 valence electrons. The summed E-state index contributed by atoms with van der Waals surface area (Å²) >= 11 is 0. The molecule has 0 aromatic rings. The van der Waals surface area contributed by atoms with Gasteiger partial charge in [-0.3, -0.25) is 0 Å². The predicted octanol–water partition coefficient (Wildman–Crippen LogP) is 2.75. The normalized spacial score (nSPS) is 37.2. The number of aliphatic hydroxyl groups is 1. The topological polar surface area (TPSA) is 20.2 Å². The average molecular weight is 168 g/mol. The highest BCUT2D eigenvalue weighted by Gasteiger charge is 2.28. The van der Waals surface area contributed by atoms with E-state index in [0.29, 0.717) is 11.8 Å². The molecule has 0 aromatic carbocycles. The lowest BCUT2D eigenvalue weighted by molar-refractivity contribution is 0.146. The summed E-state index contributed by atoms with van der Waals surface area (Å²) in [5, 5.41) is 9.67. The lowest BCUT2D eigenvalue weighted by Crippen LogP contribution is -2.27. The van der Waals surface area contributed by atoms with Gasteiger partial charge in [0.15, 0.2) is 0 Å². The molecule has 0 bridgehead atoms. The quantitative estimate of drug-likeness (QED) is 0.597. The average Bonchev–Trinajstić information content (AvgIpc) is 2.01. The van der Waals surface area contributed by atoms with Gasteiger partial charge < -0.3 is 5.11 Å². The van der Waals surface area contributed by atoms with Gasteiger partial charge in [0, 0.05) is 0 Å². The Morgan fingerprint density at radius 3 is 2.42 bits per heavy atom. The minimum atomic E-state index is -0.178. The first-order valence-electron chi connectivity index (χ1n) is 4.93. The number of hydrogen-bond donors (Lipinski definition) is 1. The summed E-state index contributed by atoms with van der Waals surface area (Å²) in [5.41, 5.74) is 2.63. The molecule has 0 aliphatic heterocycles. The fourth-order valence-corrected chi connectivity index (χ4v) is 2.38. The molecule has 0 fully saturated rings. The number of rotatable bonds is 1. The van der Waals surface area contributed by atoms with Gasteiger partial charge in [-0.2, -0.15) is 0 Å². The first kappa shape index (κ1) is 9.79. The third kappa shape index (κ3) is 1.56. The number of hydrogen-bond acceptors (Lipinski definition) is 1. The molecule has 3 unspecified atom stereocenters. The van der Waals surface area contributed by atoms with Crippen molar-refractivity contribution in [3.05, 3.63) is 11.1 Å². The maximum absolute atomic E-state index is 9.67. The van der Waals surface area contributed by atoms with Crippen molar-refractivity contribution in [1.82, 2.24) is 0 Å². The molecule has 12 heavy (non-hydrogen) atoms. The van der Waals surface area contributed by atoms with E-state index in [0.717, 1.165) is 6.42 Å². The van der Waals surface area contributed by atoms with E-state index in [1.165, 1.54) is 17.6 Å². The van der Waals surface area contributed by atoms with Crippen LogP contribution in [0.5, 0.6) is 0 Å². The molecule has 0 amide bonds. The molecule has 0 spiro atoms. The van der Waals surface area contributed by atoms with E-state index >= 15 is 0 Å². The minimum Gasteiger partial charge on any atom is -0.389 e. The van der Waals surface area contributed by atoms with Crippen LogP contribution in [0.2, 0.25) is 0 Å². The van der Waals surface area contributed by atoms with Crippen molar-refractivity contribution in [3.63, 3.8) is 0 Å². The molecule has 1 N–H and O–H groups in total. The molecule has 0 radical (unpaired) electrons. The molecule has 1 aliphatic carbocycles. The smallest absolute Gasteiger partial charge is 0.0752 e. The molecule has 1 nitrogen and oxygen atoms in total. The minimum absolute atomic E-state index is 0.178. The van der Waals surface area contributed by atoms with E-state index in [1.807, 2.05) is 0 Å². The number of allylic oxidation sites excluding steroid dienone is 1. The highest BCUT2D eigenvalue weighted by atomic mass is 16.3. The predicted molar refractivity (Wildman–Crippen MR) is 51.9 cm³/mol. The zero-order chi connectivity index (χ0) is 9.30. The van der Waals surface area contributed by atoms with Crippen molar-refractivity contribution in [2.45, 2.75) is 46.6 Å². The highest BCUT2D eigenvalue weighted by molar-refractivity contribution is 5.21. The Labute approximate surface area is 75.5 Å². The fraction of sp³-hybridized carbons (Fsp3) is 0.818. The van der Waals surface area contributed by atoms with Crippen LogP contribution in [-0.2, 0) is 0 Å². The second-order valence-electron chi connectivity index (χ2n) is 4.11. The molecule has 1 rings (SSSR count). The molecule has 1 heteroatoms. The van der Waals surface area contributed by atoms with E-state index in [-0.39, 0.29) is 6.10 Å². The summed E-state index contributed by atoms with van der Waals surface area (Å²) in [7, 11) is 0. The Kier molecular flexibility index (Phi) is 2.94. The summed E-state index contributed by atoms with van der Waals surface area (Å²) in [4.78, 5) is 0. The fourth-order valence-electron chi connectivity index (χ4n) is 2.38. The van der Waals surface area contributed by atoms with Gasteiger partial charge in [0.1, 0.15) is 0 Å². The van der Waals surface area contributed by atoms with Crippen LogP contribution in [-0.4, -0.2) is 11.2 Å². The van der Waals surface area contributed by atoms with E-state index in [1.54, 1.807) is 0 Å². The first-order valence-corrected chi connectivity index (χ1v) is 4.93. The van der Waals surface area contributed by atoms with Crippen LogP contribution < -0.4 is 0 Å². The van der Waals surface area contributed by atoms with Crippen LogP contribution in [0.15, 0.2) is 11.1 Å². The van der Waals surface area contributed by atoms with Crippen LogP contribution in [0.1, 0.15) is 40.5 Å². The molecule has 0 saturated carbocycles. The van der Waals surface area contributed by atoms with Crippen LogP contribution in [0, 0.1) is 11.8 Å². The Balaban J connectivity index is 2.89. The monoisotopic (exact) mass is 168 g/mol. The van der Waals surface area contributed by atoms with Crippen LogP contribution in [0.25, 0.3) is 0 Å². The van der Waals surface area contributed by atoms with E-state index in [4.69, 9.17) is 0 Å². The number of aliphatic hydroxyl groups excluding tert-OH is 1. The van der Waals surface area contributed by atoms with Crippen molar-refractivity contribution in [1.29, 1.82) is 0 Å². The van der Waals surface area contributed by atoms with E-state index in [9.17, 15) is 5.11 Å². The Bertz CT molecular complexity index is 193. The standard InChI is InChI=1S/C11H20O/c1-5-10-7(2)6-11(12)9(4)8(10)3/h7,10-12H,5-6H2,1-4H3. The Hall–Kier alpha value is -0.300. The first-order chi connectivity index (χ1) is 5.57. The van der Waals surface area contributed by atoms with Gasteiger partial charge in [-0.1, -0.05) is 19.4 Å². The van der Waals surface area contributed by atoms with E-state index < -0.39 is 0 Å². The van der Waals surface area contributed by atoms with Crippen molar-refractivity contribution in [2.75, 3.05) is 0 Å². The molecule has 0 heterocycles. The zero-order valence-corrected chi connectivity index (χ0v) is 8.59.